The summed E-state index contributed by atoms with van der Waals surface area (Å²) in [7, 11) is 0. The number of benzene rings is 2. The maximum Gasteiger partial charge on any atom is 0.251 e. The first-order chi connectivity index (χ1) is 24.5. The van der Waals surface area contributed by atoms with Crippen LogP contribution >= 0.6 is 0 Å². The molecule has 50 heavy (non-hydrogen) atoms. The Balaban J connectivity index is 1.76. The Morgan fingerprint density at radius 1 is 0.400 bits per heavy atom. The fourth-order valence-corrected chi connectivity index (χ4v) is 6.56. The standard InChI is InChI=1S/C44H74N4O2/c1-5-9-13-17-33-47(34-18-14-10-6-2)37-21-31-45-43(49)41-27-23-39(24-28-41)40-25-29-42(30-26-40)44(50)46-32-22-38-48(35-19-15-11-7-3)36-20-16-12-8-4/h23-30H,5-22,31-38H2,1-4H3,(H,45,49)(H,46,50). The Morgan fingerprint density at radius 2 is 0.680 bits per heavy atom. The molecule has 6 heteroatoms. The molecule has 0 aromatic heterocycles. The fourth-order valence-electron chi connectivity index (χ4n) is 6.56. The number of carbonyl (C=O) groups excluding carboxylic acids is 2. The van der Waals surface area contributed by atoms with Crippen molar-refractivity contribution in [3.05, 3.63) is 59.7 Å². The first-order valence-corrected chi connectivity index (χ1v) is 20.7. The molecule has 0 spiro atoms. The normalized spacial score (nSPS) is 11.4. The van der Waals surface area contributed by atoms with E-state index in [4.69, 9.17) is 0 Å². The Hall–Kier alpha value is -2.70. The van der Waals surface area contributed by atoms with E-state index in [0.29, 0.717) is 24.2 Å². The van der Waals surface area contributed by atoms with Crippen molar-refractivity contribution in [2.75, 3.05) is 52.4 Å². The van der Waals surface area contributed by atoms with E-state index in [1.54, 1.807) is 0 Å². The maximum absolute atomic E-state index is 12.9. The molecule has 0 atom stereocenters. The van der Waals surface area contributed by atoms with Gasteiger partial charge in [0.15, 0.2) is 0 Å². The van der Waals surface area contributed by atoms with Crippen molar-refractivity contribution in [3.8, 4) is 11.1 Å². The summed E-state index contributed by atoms with van der Waals surface area (Å²) < 4.78 is 0. The molecule has 0 saturated carbocycles. The lowest BCUT2D eigenvalue weighted by Gasteiger charge is -2.22. The second-order valence-corrected chi connectivity index (χ2v) is 14.3. The number of nitrogens with zero attached hydrogens (tertiary/aromatic N) is 2. The zero-order valence-corrected chi connectivity index (χ0v) is 32.7. The minimum atomic E-state index is -0.0166. The number of unbranched alkanes of at least 4 members (excludes halogenated alkanes) is 12. The van der Waals surface area contributed by atoms with Crippen LogP contribution < -0.4 is 10.6 Å². The van der Waals surface area contributed by atoms with Crippen LogP contribution in [0.25, 0.3) is 11.1 Å². The molecule has 0 radical (unpaired) electrons. The largest absolute Gasteiger partial charge is 0.352 e. The molecule has 2 amide bonds. The molecule has 6 nitrogen and oxygen atoms in total. The average molecular weight is 691 g/mol. The molecule has 0 aliphatic rings. The van der Waals surface area contributed by atoms with Crippen molar-refractivity contribution >= 4 is 11.8 Å². The van der Waals surface area contributed by atoms with Gasteiger partial charge in [-0.1, -0.05) is 129 Å². The van der Waals surface area contributed by atoms with Gasteiger partial charge in [-0.15, -0.1) is 0 Å². The molecule has 2 aromatic rings. The van der Waals surface area contributed by atoms with Gasteiger partial charge >= 0.3 is 0 Å². The smallest absolute Gasteiger partial charge is 0.251 e. The topological polar surface area (TPSA) is 64.7 Å². The number of nitrogens with one attached hydrogen (secondary N) is 2. The SMILES string of the molecule is CCCCCCN(CCCCCC)CCCNC(=O)c1ccc(-c2ccc(C(=O)NCCCN(CCCCCC)CCCCCC)cc2)cc1. The van der Waals surface area contributed by atoms with E-state index >= 15 is 0 Å². The molecule has 0 bridgehead atoms. The van der Waals surface area contributed by atoms with Crippen molar-refractivity contribution in [1.82, 2.24) is 20.4 Å². The van der Waals surface area contributed by atoms with Crippen LogP contribution in [0.5, 0.6) is 0 Å². The van der Waals surface area contributed by atoms with Crippen molar-refractivity contribution in [1.29, 1.82) is 0 Å². The van der Waals surface area contributed by atoms with Gasteiger partial charge in [0.1, 0.15) is 0 Å². The van der Waals surface area contributed by atoms with Gasteiger partial charge in [0.25, 0.3) is 11.8 Å². The zero-order chi connectivity index (χ0) is 36.1. The number of hydrogen-bond acceptors (Lipinski definition) is 4. The van der Waals surface area contributed by atoms with Crippen LogP contribution in [0.1, 0.15) is 164 Å². The van der Waals surface area contributed by atoms with E-state index in [0.717, 1.165) is 37.1 Å². The van der Waals surface area contributed by atoms with Crippen LogP contribution in [0.15, 0.2) is 48.5 Å². The van der Waals surface area contributed by atoms with Gasteiger partial charge in [-0.05, 0) is 113 Å². The Labute approximate surface area is 307 Å². The van der Waals surface area contributed by atoms with Crippen molar-refractivity contribution < 1.29 is 9.59 Å². The van der Waals surface area contributed by atoms with Gasteiger partial charge < -0.3 is 20.4 Å². The molecular formula is C44H74N4O2. The molecule has 0 aliphatic heterocycles. The molecule has 2 N–H and O–H groups in total. The summed E-state index contributed by atoms with van der Waals surface area (Å²) in [6, 6.07) is 15.6. The van der Waals surface area contributed by atoms with E-state index < -0.39 is 0 Å². The van der Waals surface area contributed by atoms with E-state index in [2.05, 4.69) is 48.1 Å². The van der Waals surface area contributed by atoms with Crippen LogP contribution in [0.2, 0.25) is 0 Å². The van der Waals surface area contributed by atoms with E-state index in [1.165, 1.54) is 129 Å². The first-order valence-electron chi connectivity index (χ1n) is 20.7. The van der Waals surface area contributed by atoms with E-state index in [9.17, 15) is 9.59 Å². The lowest BCUT2D eigenvalue weighted by atomic mass is 10.0. The molecule has 0 heterocycles. The number of hydrogen-bond donors (Lipinski definition) is 2. The van der Waals surface area contributed by atoms with Crippen LogP contribution in [0.4, 0.5) is 0 Å². The number of rotatable bonds is 31. The van der Waals surface area contributed by atoms with Gasteiger partial charge in [-0.2, -0.15) is 0 Å². The third-order valence-electron chi connectivity index (χ3n) is 9.81. The third kappa shape index (κ3) is 19.6. The summed E-state index contributed by atoms with van der Waals surface area (Å²) in [5.41, 5.74) is 3.43. The maximum atomic E-state index is 12.9. The lowest BCUT2D eigenvalue weighted by Crippen LogP contribution is -2.31. The average Bonchev–Trinajstić information content (AvgIpc) is 3.14. The van der Waals surface area contributed by atoms with Gasteiger partial charge in [0.05, 0.1) is 0 Å². The van der Waals surface area contributed by atoms with Gasteiger partial charge in [-0.25, -0.2) is 0 Å². The molecular weight excluding hydrogens is 617 g/mol. The van der Waals surface area contributed by atoms with Gasteiger partial charge in [0.2, 0.25) is 0 Å². The van der Waals surface area contributed by atoms with Crippen LogP contribution in [0.3, 0.4) is 0 Å². The summed E-state index contributed by atoms with van der Waals surface area (Å²) in [6.45, 7) is 17.2. The second kappa shape index (κ2) is 28.9. The number of carbonyl (C=O) groups is 2. The van der Waals surface area contributed by atoms with Crippen LogP contribution in [-0.4, -0.2) is 74.0 Å². The van der Waals surface area contributed by atoms with Crippen molar-refractivity contribution in [2.45, 2.75) is 143 Å². The van der Waals surface area contributed by atoms with E-state index in [-0.39, 0.29) is 11.8 Å². The molecule has 0 unspecified atom stereocenters. The second-order valence-electron chi connectivity index (χ2n) is 14.3. The van der Waals surface area contributed by atoms with Crippen LogP contribution in [-0.2, 0) is 0 Å². The Morgan fingerprint density at radius 3 is 0.960 bits per heavy atom. The highest BCUT2D eigenvalue weighted by Crippen LogP contribution is 2.21. The monoisotopic (exact) mass is 691 g/mol. The third-order valence-corrected chi connectivity index (χ3v) is 9.81. The first kappa shape index (κ1) is 43.5. The highest BCUT2D eigenvalue weighted by molar-refractivity contribution is 5.95. The summed E-state index contributed by atoms with van der Waals surface area (Å²) in [4.78, 5) is 30.9. The molecule has 2 aromatic carbocycles. The summed E-state index contributed by atoms with van der Waals surface area (Å²) in [5, 5.41) is 6.25. The van der Waals surface area contributed by atoms with E-state index in [1.807, 2.05) is 48.5 Å². The van der Waals surface area contributed by atoms with Crippen LogP contribution in [0, 0.1) is 0 Å². The minimum Gasteiger partial charge on any atom is -0.352 e. The van der Waals surface area contributed by atoms with Gasteiger partial charge in [-0.3, -0.25) is 9.59 Å². The number of amides is 2. The summed E-state index contributed by atoms with van der Waals surface area (Å²) in [5.74, 6) is -0.0331. The summed E-state index contributed by atoms with van der Waals surface area (Å²) in [6.07, 6.45) is 22.6. The fraction of sp³-hybridized carbons (Fsp3) is 0.682. The predicted octanol–water partition coefficient (Wildman–Crippen LogP) is 10.5. The molecule has 0 saturated heterocycles. The zero-order valence-electron chi connectivity index (χ0n) is 32.7. The minimum absolute atomic E-state index is 0.0166. The highest BCUT2D eigenvalue weighted by Gasteiger charge is 2.10. The quantitative estimate of drug-likeness (QED) is 0.0773. The Kier molecular flexibility index (Phi) is 25.2. The predicted molar refractivity (Wildman–Crippen MR) is 215 cm³/mol. The highest BCUT2D eigenvalue weighted by atomic mass is 16.2. The van der Waals surface area contributed by atoms with Gasteiger partial charge in [0, 0.05) is 24.2 Å². The molecule has 282 valence electrons. The Bertz CT molecular complexity index is 1000. The molecule has 0 fully saturated rings. The molecule has 0 aliphatic carbocycles. The van der Waals surface area contributed by atoms with Crippen molar-refractivity contribution in [2.24, 2.45) is 0 Å². The lowest BCUT2D eigenvalue weighted by molar-refractivity contribution is 0.0943. The summed E-state index contributed by atoms with van der Waals surface area (Å²) >= 11 is 0. The van der Waals surface area contributed by atoms with Crippen molar-refractivity contribution in [3.63, 3.8) is 0 Å². The molecule has 2 rings (SSSR count).